The molecule has 0 saturated heterocycles. The SMILES string of the molecule is CCNCc1cccnc1SCc1cc(C)cc(C)c1. The zero-order chi connectivity index (χ0) is 14.4. The Labute approximate surface area is 126 Å². The third-order valence-corrected chi connectivity index (χ3v) is 4.19. The largest absolute Gasteiger partial charge is 0.313 e. The molecule has 1 N–H and O–H groups in total. The van der Waals surface area contributed by atoms with Gasteiger partial charge in [-0.15, -0.1) is 11.8 Å². The highest BCUT2D eigenvalue weighted by Gasteiger charge is 2.05. The van der Waals surface area contributed by atoms with Gasteiger partial charge in [-0.25, -0.2) is 4.98 Å². The van der Waals surface area contributed by atoms with Gasteiger partial charge in [-0.1, -0.05) is 42.3 Å². The van der Waals surface area contributed by atoms with E-state index in [1.165, 1.54) is 22.3 Å². The zero-order valence-electron chi connectivity index (χ0n) is 12.4. The van der Waals surface area contributed by atoms with Crippen molar-refractivity contribution in [1.82, 2.24) is 10.3 Å². The summed E-state index contributed by atoms with van der Waals surface area (Å²) in [6.07, 6.45) is 1.87. The van der Waals surface area contributed by atoms with Gasteiger partial charge in [-0.2, -0.15) is 0 Å². The van der Waals surface area contributed by atoms with Gasteiger partial charge in [0.15, 0.2) is 0 Å². The van der Waals surface area contributed by atoms with Crippen molar-refractivity contribution in [2.75, 3.05) is 6.54 Å². The molecule has 20 heavy (non-hydrogen) atoms. The molecule has 0 amide bonds. The van der Waals surface area contributed by atoms with E-state index in [0.717, 1.165) is 23.9 Å². The molecule has 0 unspecified atom stereocenters. The van der Waals surface area contributed by atoms with Gasteiger partial charge in [0, 0.05) is 18.5 Å². The van der Waals surface area contributed by atoms with E-state index < -0.39 is 0 Å². The number of pyridine rings is 1. The van der Waals surface area contributed by atoms with Gasteiger partial charge in [-0.05, 0) is 37.6 Å². The molecule has 3 heteroatoms. The summed E-state index contributed by atoms with van der Waals surface area (Å²) in [5.41, 5.74) is 5.31. The van der Waals surface area contributed by atoms with Crippen molar-refractivity contribution < 1.29 is 0 Å². The fraction of sp³-hybridized carbons (Fsp3) is 0.353. The summed E-state index contributed by atoms with van der Waals surface area (Å²) in [6, 6.07) is 10.9. The van der Waals surface area contributed by atoms with E-state index in [2.05, 4.69) is 55.3 Å². The number of rotatable bonds is 6. The van der Waals surface area contributed by atoms with Gasteiger partial charge in [0.25, 0.3) is 0 Å². The Hall–Kier alpha value is -1.32. The van der Waals surface area contributed by atoms with Gasteiger partial charge in [0.05, 0.1) is 0 Å². The Kier molecular flexibility index (Phi) is 5.62. The van der Waals surface area contributed by atoms with Crippen molar-refractivity contribution in [3.05, 3.63) is 58.8 Å². The first kappa shape index (κ1) is 15.1. The Morgan fingerprint density at radius 3 is 2.60 bits per heavy atom. The third-order valence-electron chi connectivity index (χ3n) is 3.07. The number of nitrogens with zero attached hydrogens (tertiary/aromatic N) is 1. The summed E-state index contributed by atoms with van der Waals surface area (Å²) in [6.45, 7) is 8.30. The number of aryl methyl sites for hydroxylation is 2. The minimum Gasteiger partial charge on any atom is -0.313 e. The minimum absolute atomic E-state index is 0.888. The average molecular weight is 286 g/mol. The summed E-state index contributed by atoms with van der Waals surface area (Å²) in [4.78, 5) is 4.51. The Balaban J connectivity index is 2.06. The fourth-order valence-corrected chi connectivity index (χ4v) is 3.18. The van der Waals surface area contributed by atoms with Crippen molar-refractivity contribution in [1.29, 1.82) is 0 Å². The lowest BCUT2D eigenvalue weighted by atomic mass is 10.1. The highest BCUT2D eigenvalue weighted by atomic mass is 32.2. The molecule has 0 fully saturated rings. The van der Waals surface area contributed by atoms with E-state index in [0.29, 0.717) is 0 Å². The highest BCUT2D eigenvalue weighted by molar-refractivity contribution is 7.98. The van der Waals surface area contributed by atoms with E-state index in [1.54, 1.807) is 0 Å². The maximum atomic E-state index is 4.51. The maximum Gasteiger partial charge on any atom is 0.101 e. The monoisotopic (exact) mass is 286 g/mol. The number of hydrogen-bond acceptors (Lipinski definition) is 3. The first-order valence-corrected chi connectivity index (χ1v) is 8.02. The molecule has 0 aliphatic heterocycles. The first-order chi connectivity index (χ1) is 9.69. The molecule has 1 aromatic carbocycles. The van der Waals surface area contributed by atoms with Crippen LogP contribution in [0.25, 0.3) is 0 Å². The minimum atomic E-state index is 0.888. The summed E-state index contributed by atoms with van der Waals surface area (Å²) in [5, 5.41) is 4.50. The number of nitrogens with one attached hydrogen (secondary N) is 1. The molecule has 2 aromatic rings. The molecular weight excluding hydrogens is 264 g/mol. The van der Waals surface area contributed by atoms with Crippen LogP contribution < -0.4 is 5.32 Å². The Bertz CT molecular complexity index is 546. The van der Waals surface area contributed by atoms with Crippen LogP contribution in [0, 0.1) is 13.8 Å². The van der Waals surface area contributed by atoms with Gasteiger partial charge in [-0.3, -0.25) is 0 Å². The number of aromatic nitrogens is 1. The van der Waals surface area contributed by atoms with E-state index in [-0.39, 0.29) is 0 Å². The van der Waals surface area contributed by atoms with Crippen molar-refractivity contribution in [2.45, 2.75) is 38.1 Å². The highest BCUT2D eigenvalue weighted by Crippen LogP contribution is 2.25. The summed E-state index contributed by atoms with van der Waals surface area (Å²) in [7, 11) is 0. The molecule has 1 heterocycles. The normalized spacial score (nSPS) is 10.8. The number of hydrogen-bond donors (Lipinski definition) is 1. The van der Waals surface area contributed by atoms with Crippen molar-refractivity contribution in [3.63, 3.8) is 0 Å². The number of thioether (sulfide) groups is 1. The molecule has 0 spiro atoms. The van der Waals surface area contributed by atoms with Crippen molar-refractivity contribution in [3.8, 4) is 0 Å². The third kappa shape index (κ3) is 4.36. The zero-order valence-corrected chi connectivity index (χ0v) is 13.3. The molecule has 2 rings (SSSR count). The van der Waals surface area contributed by atoms with E-state index >= 15 is 0 Å². The maximum absolute atomic E-state index is 4.51. The summed E-state index contributed by atoms with van der Waals surface area (Å²) in [5.74, 6) is 0.971. The standard InChI is InChI=1S/C17H22N2S/c1-4-18-11-16-6-5-7-19-17(16)20-12-15-9-13(2)8-14(3)10-15/h5-10,18H,4,11-12H2,1-3H3. The second-order valence-corrected chi connectivity index (χ2v) is 6.00. The Morgan fingerprint density at radius 2 is 1.90 bits per heavy atom. The lowest BCUT2D eigenvalue weighted by molar-refractivity contribution is 0.711. The quantitative estimate of drug-likeness (QED) is 0.809. The van der Waals surface area contributed by atoms with Gasteiger partial charge in [0.2, 0.25) is 0 Å². The van der Waals surface area contributed by atoms with Crippen LogP contribution >= 0.6 is 11.8 Å². The molecule has 1 aromatic heterocycles. The molecule has 106 valence electrons. The van der Waals surface area contributed by atoms with Crippen LogP contribution in [-0.4, -0.2) is 11.5 Å². The van der Waals surface area contributed by atoms with Crippen LogP contribution in [0.2, 0.25) is 0 Å². The van der Waals surface area contributed by atoms with Crippen LogP contribution in [0.5, 0.6) is 0 Å². The van der Waals surface area contributed by atoms with Crippen molar-refractivity contribution in [2.24, 2.45) is 0 Å². The van der Waals surface area contributed by atoms with Gasteiger partial charge < -0.3 is 5.32 Å². The molecule has 0 bridgehead atoms. The average Bonchev–Trinajstić information content (AvgIpc) is 2.43. The van der Waals surface area contributed by atoms with Crippen LogP contribution in [0.1, 0.15) is 29.2 Å². The molecule has 0 radical (unpaired) electrons. The van der Waals surface area contributed by atoms with Crippen molar-refractivity contribution >= 4 is 11.8 Å². The van der Waals surface area contributed by atoms with Crippen LogP contribution in [0.4, 0.5) is 0 Å². The lowest BCUT2D eigenvalue weighted by Gasteiger charge is -2.09. The molecule has 0 aliphatic carbocycles. The lowest BCUT2D eigenvalue weighted by Crippen LogP contribution is -2.12. The predicted octanol–water partition coefficient (Wildman–Crippen LogP) is 4.10. The van der Waals surface area contributed by atoms with Crippen LogP contribution in [0.15, 0.2) is 41.6 Å². The smallest absolute Gasteiger partial charge is 0.101 e. The molecule has 2 nitrogen and oxygen atoms in total. The molecular formula is C17H22N2S. The fourth-order valence-electron chi connectivity index (χ4n) is 2.25. The second kappa shape index (κ2) is 7.46. The molecule has 0 saturated carbocycles. The van der Waals surface area contributed by atoms with Crippen LogP contribution in [-0.2, 0) is 12.3 Å². The second-order valence-electron chi connectivity index (χ2n) is 5.03. The molecule has 0 atom stereocenters. The topological polar surface area (TPSA) is 24.9 Å². The summed E-state index contributed by atoms with van der Waals surface area (Å²) < 4.78 is 0. The predicted molar refractivity (Wildman–Crippen MR) is 87.1 cm³/mol. The first-order valence-electron chi connectivity index (χ1n) is 7.03. The summed E-state index contributed by atoms with van der Waals surface area (Å²) >= 11 is 1.82. The van der Waals surface area contributed by atoms with E-state index in [9.17, 15) is 0 Å². The van der Waals surface area contributed by atoms with E-state index in [1.807, 2.05) is 24.0 Å². The molecule has 0 aliphatic rings. The Morgan fingerprint density at radius 1 is 1.15 bits per heavy atom. The van der Waals surface area contributed by atoms with Crippen LogP contribution in [0.3, 0.4) is 0 Å². The number of benzene rings is 1. The van der Waals surface area contributed by atoms with Gasteiger partial charge in [0.1, 0.15) is 5.03 Å². The van der Waals surface area contributed by atoms with E-state index in [4.69, 9.17) is 0 Å². The van der Waals surface area contributed by atoms with Gasteiger partial charge >= 0.3 is 0 Å².